The average molecular weight is 548 g/mol. The Kier molecular flexibility index (Phi) is 8.25. The highest BCUT2D eigenvalue weighted by Gasteiger charge is 2.36. The van der Waals surface area contributed by atoms with Crippen molar-refractivity contribution in [3.63, 3.8) is 0 Å². The zero-order chi connectivity index (χ0) is 28.3. The van der Waals surface area contributed by atoms with Gasteiger partial charge in [-0.1, -0.05) is 24.3 Å². The molecule has 202 valence electrons. The first-order chi connectivity index (χ1) is 17.7. The summed E-state index contributed by atoms with van der Waals surface area (Å²) in [4.78, 5) is 25.3. The molecular formula is C24H16F8N2O4. The number of halogens is 8. The van der Waals surface area contributed by atoms with Crippen LogP contribution in [-0.2, 0) is 13.1 Å². The lowest BCUT2D eigenvalue weighted by molar-refractivity contribution is -0.276. The molecule has 0 unspecified atom stereocenters. The first-order valence-corrected chi connectivity index (χ1v) is 10.4. The number of ether oxygens (including phenoxy) is 2. The zero-order valence-electron chi connectivity index (χ0n) is 18.9. The Bertz CT molecular complexity index is 1310. The standard InChI is InChI=1S/C16H9F4NO3.C8H7F4NO/c17-12-7-9(5-6-13(12)24-16(18,19)20)8-21-14(22)10-3-1-2-4-11(10)15(21)23;9-6-3-5(4-13)1-2-7(6)14-8(10,11)12/h1-7H,8H2;1-3H,4,13H2. The second-order valence-corrected chi connectivity index (χ2v) is 7.57. The molecule has 0 bridgehead atoms. The fourth-order valence-corrected chi connectivity index (χ4v) is 3.29. The Hall–Kier alpha value is -4.20. The summed E-state index contributed by atoms with van der Waals surface area (Å²) < 4.78 is 105. The van der Waals surface area contributed by atoms with Crippen LogP contribution in [-0.4, -0.2) is 29.4 Å². The van der Waals surface area contributed by atoms with Crippen molar-refractivity contribution < 1.29 is 54.2 Å². The van der Waals surface area contributed by atoms with Crippen LogP contribution in [0.2, 0.25) is 0 Å². The van der Waals surface area contributed by atoms with E-state index in [4.69, 9.17) is 5.73 Å². The fourth-order valence-electron chi connectivity index (χ4n) is 3.29. The topological polar surface area (TPSA) is 81.9 Å². The number of amides is 2. The number of hydrogen-bond acceptors (Lipinski definition) is 5. The Morgan fingerprint density at radius 2 is 1.11 bits per heavy atom. The summed E-state index contributed by atoms with van der Waals surface area (Å²) in [5.74, 6) is -5.21. The molecule has 0 saturated carbocycles. The summed E-state index contributed by atoms with van der Waals surface area (Å²) in [6.45, 7) is -0.196. The molecule has 0 fully saturated rings. The van der Waals surface area contributed by atoms with E-state index in [0.717, 1.165) is 35.2 Å². The smallest absolute Gasteiger partial charge is 0.403 e. The Balaban J connectivity index is 0.000000244. The van der Waals surface area contributed by atoms with E-state index in [-0.39, 0.29) is 29.8 Å². The minimum atomic E-state index is -5.01. The van der Waals surface area contributed by atoms with E-state index in [0.29, 0.717) is 5.56 Å². The van der Waals surface area contributed by atoms with Crippen molar-refractivity contribution in [2.24, 2.45) is 5.73 Å². The monoisotopic (exact) mass is 548 g/mol. The molecule has 0 aromatic heterocycles. The quantitative estimate of drug-likeness (QED) is 0.327. The van der Waals surface area contributed by atoms with E-state index in [2.05, 4.69) is 9.47 Å². The van der Waals surface area contributed by atoms with Gasteiger partial charge in [-0.05, 0) is 47.5 Å². The van der Waals surface area contributed by atoms with Crippen molar-refractivity contribution in [1.29, 1.82) is 0 Å². The van der Waals surface area contributed by atoms with Gasteiger partial charge in [-0.25, -0.2) is 8.78 Å². The van der Waals surface area contributed by atoms with E-state index in [1.807, 2.05) is 0 Å². The number of hydrogen-bond donors (Lipinski definition) is 1. The van der Waals surface area contributed by atoms with Crippen molar-refractivity contribution in [3.05, 3.63) is 94.6 Å². The predicted octanol–water partition coefficient (Wildman–Crippen LogP) is 5.70. The number of nitrogens with two attached hydrogens (primary N) is 1. The van der Waals surface area contributed by atoms with E-state index in [1.165, 1.54) is 18.2 Å². The van der Waals surface area contributed by atoms with Crippen LogP contribution < -0.4 is 15.2 Å². The number of carbonyl (C=O) groups is 2. The molecule has 1 heterocycles. The molecule has 0 spiro atoms. The van der Waals surface area contributed by atoms with Crippen molar-refractivity contribution in [2.45, 2.75) is 25.8 Å². The Morgan fingerprint density at radius 3 is 1.50 bits per heavy atom. The maximum absolute atomic E-state index is 13.7. The van der Waals surface area contributed by atoms with Gasteiger partial charge in [-0.3, -0.25) is 14.5 Å². The summed E-state index contributed by atoms with van der Waals surface area (Å²) in [6, 6.07) is 12.0. The van der Waals surface area contributed by atoms with Crippen LogP contribution in [0.5, 0.6) is 11.5 Å². The molecular weight excluding hydrogens is 532 g/mol. The van der Waals surface area contributed by atoms with E-state index in [1.54, 1.807) is 12.1 Å². The number of imide groups is 1. The maximum Gasteiger partial charge on any atom is 0.573 e. The summed E-state index contributed by atoms with van der Waals surface area (Å²) >= 11 is 0. The molecule has 14 heteroatoms. The number of rotatable bonds is 5. The van der Waals surface area contributed by atoms with Gasteiger partial charge < -0.3 is 15.2 Å². The normalized spacial score (nSPS) is 13.1. The van der Waals surface area contributed by atoms with Crippen molar-refractivity contribution in [3.8, 4) is 11.5 Å². The Labute approximate surface area is 209 Å². The fraction of sp³-hybridized carbons (Fsp3) is 0.167. The number of nitrogens with zero attached hydrogens (tertiary/aromatic N) is 1. The number of benzene rings is 3. The third-order valence-electron chi connectivity index (χ3n) is 4.90. The lowest BCUT2D eigenvalue weighted by Crippen LogP contribution is -2.29. The van der Waals surface area contributed by atoms with Gasteiger partial charge in [0.1, 0.15) is 0 Å². The van der Waals surface area contributed by atoms with E-state index < -0.39 is 47.7 Å². The van der Waals surface area contributed by atoms with Crippen LogP contribution in [0.4, 0.5) is 35.1 Å². The summed E-state index contributed by atoms with van der Waals surface area (Å²) in [5, 5.41) is 0. The molecule has 4 rings (SSSR count). The third-order valence-corrected chi connectivity index (χ3v) is 4.90. The molecule has 0 aliphatic carbocycles. The average Bonchev–Trinajstić information content (AvgIpc) is 3.06. The largest absolute Gasteiger partial charge is 0.573 e. The lowest BCUT2D eigenvalue weighted by atomic mass is 10.1. The van der Waals surface area contributed by atoms with Crippen LogP contribution in [0.1, 0.15) is 31.8 Å². The zero-order valence-corrected chi connectivity index (χ0v) is 18.9. The summed E-state index contributed by atoms with van der Waals surface area (Å²) in [5.41, 5.74) is 6.20. The molecule has 2 amide bonds. The lowest BCUT2D eigenvalue weighted by Gasteiger charge is -2.15. The van der Waals surface area contributed by atoms with Gasteiger partial charge in [0, 0.05) is 6.54 Å². The maximum atomic E-state index is 13.7. The summed E-state index contributed by atoms with van der Waals surface area (Å²) in [6.07, 6.45) is -9.89. The molecule has 3 aromatic rings. The third kappa shape index (κ3) is 7.18. The first-order valence-electron chi connectivity index (χ1n) is 10.4. The highest BCUT2D eigenvalue weighted by Crippen LogP contribution is 2.29. The number of carbonyl (C=O) groups excluding carboxylic acids is 2. The van der Waals surface area contributed by atoms with Gasteiger partial charge in [0.25, 0.3) is 11.8 Å². The molecule has 0 atom stereocenters. The van der Waals surface area contributed by atoms with Gasteiger partial charge in [0.2, 0.25) is 0 Å². The minimum absolute atomic E-state index is 0.0587. The second kappa shape index (κ2) is 11.0. The van der Waals surface area contributed by atoms with Gasteiger partial charge >= 0.3 is 12.7 Å². The second-order valence-electron chi connectivity index (χ2n) is 7.57. The van der Waals surface area contributed by atoms with Gasteiger partial charge in [-0.15, -0.1) is 26.3 Å². The highest BCUT2D eigenvalue weighted by molar-refractivity contribution is 6.21. The predicted molar refractivity (Wildman–Crippen MR) is 115 cm³/mol. The SMILES string of the molecule is NCc1ccc(OC(F)(F)F)c(F)c1.O=C1c2ccccc2C(=O)N1Cc1ccc(OC(F)(F)F)c(F)c1. The van der Waals surface area contributed by atoms with Gasteiger partial charge in [0.05, 0.1) is 17.7 Å². The van der Waals surface area contributed by atoms with Crippen LogP contribution in [0, 0.1) is 11.6 Å². The molecule has 1 aliphatic rings. The molecule has 0 radical (unpaired) electrons. The Morgan fingerprint density at radius 1 is 0.684 bits per heavy atom. The minimum Gasteiger partial charge on any atom is -0.403 e. The molecule has 3 aromatic carbocycles. The molecule has 38 heavy (non-hydrogen) atoms. The molecule has 6 nitrogen and oxygen atoms in total. The van der Waals surface area contributed by atoms with Gasteiger partial charge in [-0.2, -0.15) is 0 Å². The summed E-state index contributed by atoms with van der Waals surface area (Å²) in [7, 11) is 0. The molecule has 2 N–H and O–H groups in total. The van der Waals surface area contributed by atoms with Crippen LogP contribution in [0.3, 0.4) is 0 Å². The first kappa shape index (κ1) is 28.4. The van der Waals surface area contributed by atoms with Crippen molar-refractivity contribution in [1.82, 2.24) is 4.90 Å². The van der Waals surface area contributed by atoms with Crippen LogP contribution >= 0.6 is 0 Å². The van der Waals surface area contributed by atoms with Gasteiger partial charge in [0.15, 0.2) is 23.1 Å². The van der Waals surface area contributed by atoms with Crippen LogP contribution in [0.15, 0.2) is 60.7 Å². The van der Waals surface area contributed by atoms with Crippen LogP contribution in [0.25, 0.3) is 0 Å². The van der Waals surface area contributed by atoms with Crippen molar-refractivity contribution in [2.75, 3.05) is 0 Å². The number of alkyl halides is 6. The highest BCUT2D eigenvalue weighted by atomic mass is 19.4. The van der Waals surface area contributed by atoms with Crippen molar-refractivity contribution >= 4 is 11.8 Å². The number of fused-ring (bicyclic) bond motifs is 1. The van der Waals surface area contributed by atoms with E-state index in [9.17, 15) is 44.7 Å². The van der Waals surface area contributed by atoms with E-state index >= 15 is 0 Å². The molecule has 1 aliphatic heterocycles. The molecule has 0 saturated heterocycles.